The molecule has 1 radical (unpaired) electrons. The zero-order valence-electron chi connectivity index (χ0n) is 12.6. The van der Waals surface area contributed by atoms with Crippen molar-refractivity contribution in [3.63, 3.8) is 0 Å². The van der Waals surface area contributed by atoms with Gasteiger partial charge in [0, 0.05) is 22.8 Å². The SMILES string of the molecule is O=[C]c1ccc2c(c1)N(S(=O)(=O)c1ccc(C(F)(F)F)cc1)CCS2. The number of hydrogen-bond acceptors (Lipinski definition) is 4. The zero-order valence-corrected chi connectivity index (χ0v) is 14.2. The van der Waals surface area contributed by atoms with E-state index in [9.17, 15) is 26.4 Å². The molecule has 3 rings (SSSR count). The molecule has 2 aromatic carbocycles. The number of anilines is 1. The molecule has 1 aliphatic heterocycles. The minimum atomic E-state index is -4.54. The van der Waals surface area contributed by atoms with Crippen LogP contribution in [-0.2, 0) is 21.0 Å². The number of fused-ring (bicyclic) bond motifs is 1. The highest BCUT2D eigenvalue weighted by Crippen LogP contribution is 2.38. The van der Waals surface area contributed by atoms with Crippen molar-refractivity contribution in [2.45, 2.75) is 16.0 Å². The van der Waals surface area contributed by atoms with Crippen molar-refractivity contribution in [2.75, 3.05) is 16.6 Å². The zero-order chi connectivity index (χ0) is 18.2. The maximum absolute atomic E-state index is 12.8. The number of benzene rings is 2. The van der Waals surface area contributed by atoms with Crippen molar-refractivity contribution >= 4 is 33.8 Å². The largest absolute Gasteiger partial charge is 0.416 e. The molecule has 1 aliphatic rings. The quantitative estimate of drug-likeness (QED) is 0.811. The van der Waals surface area contributed by atoms with Crippen molar-refractivity contribution in [3.05, 3.63) is 53.6 Å². The third-order valence-corrected chi connectivity index (χ3v) is 6.54. The molecule has 2 aromatic rings. The van der Waals surface area contributed by atoms with Crippen LogP contribution in [0, 0.1) is 0 Å². The first-order chi connectivity index (χ1) is 11.7. The molecule has 0 saturated heterocycles. The molecule has 0 aliphatic carbocycles. The van der Waals surface area contributed by atoms with Crippen LogP contribution in [0.5, 0.6) is 0 Å². The van der Waals surface area contributed by atoms with E-state index in [4.69, 9.17) is 0 Å². The Labute approximate surface area is 146 Å². The molecule has 0 spiro atoms. The van der Waals surface area contributed by atoms with Gasteiger partial charge in [0.25, 0.3) is 10.0 Å². The summed E-state index contributed by atoms with van der Waals surface area (Å²) in [6.45, 7) is 0.156. The number of nitrogens with zero attached hydrogens (tertiary/aromatic N) is 1. The highest BCUT2D eigenvalue weighted by Gasteiger charge is 2.33. The van der Waals surface area contributed by atoms with Crippen molar-refractivity contribution in [2.24, 2.45) is 0 Å². The van der Waals surface area contributed by atoms with Crippen LogP contribution in [0.1, 0.15) is 11.1 Å². The molecule has 0 aromatic heterocycles. The van der Waals surface area contributed by atoms with Gasteiger partial charge < -0.3 is 0 Å². The van der Waals surface area contributed by atoms with E-state index in [2.05, 4.69) is 0 Å². The van der Waals surface area contributed by atoms with Crippen LogP contribution in [0.3, 0.4) is 0 Å². The standard InChI is InChI=1S/C16H11F3NO3S2/c17-16(18,19)12-2-4-13(5-3-12)25(22,23)20-7-8-24-15-6-1-11(10-21)9-14(15)20/h1-6,9H,7-8H2. The predicted octanol–water partition coefficient (Wildman–Crippen LogP) is 3.46. The average Bonchev–Trinajstić information content (AvgIpc) is 2.60. The molecule has 0 bridgehead atoms. The first-order valence-electron chi connectivity index (χ1n) is 7.08. The Hall–Kier alpha value is -2.00. The minimum absolute atomic E-state index is 0.156. The summed E-state index contributed by atoms with van der Waals surface area (Å²) in [5.41, 5.74) is -0.384. The van der Waals surface area contributed by atoms with E-state index >= 15 is 0 Å². The normalized spacial score (nSPS) is 14.9. The van der Waals surface area contributed by atoms with Gasteiger partial charge in [-0.1, -0.05) is 0 Å². The van der Waals surface area contributed by atoms with E-state index in [1.165, 1.54) is 23.9 Å². The molecule has 4 nitrogen and oxygen atoms in total. The number of hydrogen-bond donors (Lipinski definition) is 0. The minimum Gasteiger partial charge on any atom is -0.285 e. The monoisotopic (exact) mass is 386 g/mol. The van der Waals surface area contributed by atoms with Gasteiger partial charge in [-0.15, -0.1) is 11.8 Å². The summed E-state index contributed by atoms with van der Waals surface area (Å²) in [6, 6.07) is 7.94. The summed E-state index contributed by atoms with van der Waals surface area (Å²) in [4.78, 5) is 11.3. The Morgan fingerprint density at radius 1 is 1.08 bits per heavy atom. The predicted molar refractivity (Wildman–Crippen MR) is 87.9 cm³/mol. The second-order valence-electron chi connectivity index (χ2n) is 5.23. The highest BCUT2D eigenvalue weighted by molar-refractivity contribution is 8.00. The number of carbonyl (C=O) groups excluding carboxylic acids is 1. The van der Waals surface area contributed by atoms with E-state index < -0.39 is 21.8 Å². The number of alkyl halides is 3. The molecule has 9 heteroatoms. The molecular weight excluding hydrogens is 375 g/mol. The molecule has 0 unspecified atom stereocenters. The molecule has 0 saturated carbocycles. The van der Waals surface area contributed by atoms with Gasteiger partial charge in [0.15, 0.2) is 0 Å². The van der Waals surface area contributed by atoms with Crippen molar-refractivity contribution in [1.29, 1.82) is 0 Å². The number of halogens is 3. The molecule has 0 amide bonds. The van der Waals surface area contributed by atoms with E-state index in [-0.39, 0.29) is 17.0 Å². The molecule has 1 heterocycles. The lowest BCUT2D eigenvalue weighted by Gasteiger charge is -2.30. The molecule has 0 N–H and O–H groups in total. The number of rotatable bonds is 3. The van der Waals surface area contributed by atoms with Crippen LogP contribution < -0.4 is 4.31 Å². The first-order valence-corrected chi connectivity index (χ1v) is 9.51. The number of sulfonamides is 1. The summed E-state index contributed by atoms with van der Waals surface area (Å²) >= 11 is 1.44. The molecular formula is C16H11F3NO3S2. The maximum atomic E-state index is 12.8. The van der Waals surface area contributed by atoms with Crippen LogP contribution in [0.15, 0.2) is 52.3 Å². The van der Waals surface area contributed by atoms with E-state index in [0.29, 0.717) is 16.3 Å². The van der Waals surface area contributed by atoms with Gasteiger partial charge in [-0.2, -0.15) is 13.2 Å². The summed E-state index contributed by atoms with van der Waals surface area (Å²) in [6.07, 6.45) is -2.83. The molecule has 131 valence electrons. The Bertz CT molecular complexity index is 909. The third kappa shape index (κ3) is 3.38. The van der Waals surface area contributed by atoms with E-state index in [1.807, 2.05) is 0 Å². The van der Waals surface area contributed by atoms with Crippen molar-refractivity contribution < 1.29 is 26.4 Å². The lowest BCUT2D eigenvalue weighted by Crippen LogP contribution is -2.35. The Morgan fingerprint density at radius 2 is 1.76 bits per heavy atom. The van der Waals surface area contributed by atoms with Crippen LogP contribution in [0.25, 0.3) is 0 Å². The van der Waals surface area contributed by atoms with Gasteiger partial charge in [-0.05, 0) is 42.5 Å². The highest BCUT2D eigenvalue weighted by atomic mass is 32.2. The average molecular weight is 386 g/mol. The van der Waals surface area contributed by atoms with Crippen molar-refractivity contribution in [3.8, 4) is 0 Å². The lowest BCUT2D eigenvalue weighted by molar-refractivity contribution is -0.137. The van der Waals surface area contributed by atoms with Gasteiger partial charge in [0.1, 0.15) is 0 Å². The van der Waals surface area contributed by atoms with Gasteiger partial charge in [0.05, 0.1) is 16.1 Å². The summed E-state index contributed by atoms with van der Waals surface area (Å²) in [5.74, 6) is 0.497. The Morgan fingerprint density at radius 3 is 2.36 bits per heavy atom. The Kier molecular flexibility index (Phi) is 4.54. The van der Waals surface area contributed by atoms with E-state index in [0.717, 1.165) is 28.6 Å². The lowest BCUT2D eigenvalue weighted by atomic mass is 10.2. The first kappa shape index (κ1) is 17.8. The van der Waals surface area contributed by atoms with Crippen LogP contribution >= 0.6 is 11.8 Å². The van der Waals surface area contributed by atoms with Crippen LogP contribution in [-0.4, -0.2) is 27.0 Å². The summed E-state index contributed by atoms with van der Waals surface area (Å²) in [7, 11) is -4.04. The summed E-state index contributed by atoms with van der Waals surface area (Å²) in [5, 5.41) is 0. The number of thioether (sulfide) groups is 1. The van der Waals surface area contributed by atoms with Gasteiger partial charge >= 0.3 is 6.18 Å². The van der Waals surface area contributed by atoms with Crippen LogP contribution in [0.4, 0.5) is 18.9 Å². The van der Waals surface area contributed by atoms with Gasteiger partial charge in [-0.25, -0.2) is 8.42 Å². The van der Waals surface area contributed by atoms with Gasteiger partial charge in [-0.3, -0.25) is 9.10 Å². The fourth-order valence-corrected chi connectivity index (χ4v) is 5.07. The Balaban J connectivity index is 2.03. The maximum Gasteiger partial charge on any atom is 0.416 e. The van der Waals surface area contributed by atoms with E-state index in [1.54, 1.807) is 12.4 Å². The molecule has 0 fully saturated rings. The fraction of sp³-hybridized carbons (Fsp3) is 0.188. The van der Waals surface area contributed by atoms with Gasteiger partial charge in [0.2, 0.25) is 6.29 Å². The van der Waals surface area contributed by atoms with Crippen LogP contribution in [0.2, 0.25) is 0 Å². The second kappa shape index (κ2) is 6.38. The summed E-state index contributed by atoms with van der Waals surface area (Å²) < 4.78 is 64.8. The topological polar surface area (TPSA) is 54.5 Å². The fourth-order valence-electron chi connectivity index (χ4n) is 2.45. The molecule has 0 atom stereocenters. The molecule has 25 heavy (non-hydrogen) atoms. The van der Waals surface area contributed by atoms with Crippen molar-refractivity contribution in [1.82, 2.24) is 0 Å². The smallest absolute Gasteiger partial charge is 0.285 e. The second-order valence-corrected chi connectivity index (χ2v) is 8.23. The third-order valence-electron chi connectivity index (χ3n) is 3.67.